The molecule has 0 unspecified atom stereocenters. The lowest BCUT2D eigenvalue weighted by Crippen LogP contribution is -2.10. The Labute approximate surface area is 113 Å². The molecule has 98 valence electrons. The van der Waals surface area contributed by atoms with Gasteiger partial charge in [-0.05, 0) is 50.6 Å². The maximum Gasteiger partial charge on any atom is 0.125 e. The number of aromatic nitrogens is 1. The maximum absolute atomic E-state index is 10.0. The molecule has 18 heavy (non-hydrogen) atoms. The number of hydrogen-bond acceptors (Lipinski definition) is 2. The molecule has 2 aromatic rings. The molecule has 3 nitrogen and oxygen atoms in total. The smallest absolute Gasteiger partial charge is 0.125 e. The summed E-state index contributed by atoms with van der Waals surface area (Å²) < 4.78 is 2.33. The minimum Gasteiger partial charge on any atom is -0.507 e. The van der Waals surface area contributed by atoms with Gasteiger partial charge < -0.3 is 15.0 Å². The second-order valence-electron chi connectivity index (χ2n) is 4.82. The minimum absolute atomic E-state index is 0. The zero-order valence-electron chi connectivity index (χ0n) is 10.5. The second kappa shape index (κ2) is 5.21. The lowest BCUT2D eigenvalue weighted by molar-refractivity contribution is 0.481. The Morgan fingerprint density at radius 3 is 2.83 bits per heavy atom. The Hall–Kier alpha value is -1.19. The highest BCUT2D eigenvalue weighted by Gasteiger charge is 2.26. The highest BCUT2D eigenvalue weighted by Crippen LogP contribution is 2.40. The summed E-state index contributed by atoms with van der Waals surface area (Å²) in [6.45, 7) is 0.943. The van der Waals surface area contributed by atoms with Crippen LogP contribution in [-0.4, -0.2) is 23.3 Å². The van der Waals surface area contributed by atoms with Gasteiger partial charge in [0.2, 0.25) is 0 Å². The van der Waals surface area contributed by atoms with E-state index < -0.39 is 0 Å². The number of benzene rings is 1. The largest absolute Gasteiger partial charge is 0.507 e. The van der Waals surface area contributed by atoms with Crippen molar-refractivity contribution in [1.29, 1.82) is 0 Å². The summed E-state index contributed by atoms with van der Waals surface area (Å²) in [6, 6.07) is 6.47. The lowest BCUT2D eigenvalue weighted by Gasteiger charge is -2.02. The highest BCUT2D eigenvalue weighted by molar-refractivity contribution is 5.90. The zero-order chi connectivity index (χ0) is 11.8. The van der Waals surface area contributed by atoms with Crippen LogP contribution >= 0.6 is 12.4 Å². The van der Waals surface area contributed by atoms with Gasteiger partial charge in [-0.2, -0.15) is 0 Å². The van der Waals surface area contributed by atoms with Gasteiger partial charge in [0.25, 0.3) is 0 Å². The summed E-state index contributed by atoms with van der Waals surface area (Å²) in [7, 11) is 1.96. The summed E-state index contributed by atoms with van der Waals surface area (Å²) in [5, 5.41) is 14.2. The van der Waals surface area contributed by atoms with Gasteiger partial charge in [0, 0.05) is 17.6 Å². The number of halogens is 1. The van der Waals surface area contributed by atoms with Gasteiger partial charge in [-0.3, -0.25) is 0 Å². The van der Waals surface area contributed by atoms with Gasteiger partial charge in [-0.1, -0.05) is 6.07 Å². The first-order valence-corrected chi connectivity index (χ1v) is 6.27. The quantitative estimate of drug-likeness (QED) is 0.893. The fourth-order valence-corrected chi connectivity index (χ4v) is 2.48. The van der Waals surface area contributed by atoms with Gasteiger partial charge in [0.1, 0.15) is 5.75 Å². The van der Waals surface area contributed by atoms with Crippen LogP contribution in [0.25, 0.3) is 10.9 Å². The van der Waals surface area contributed by atoms with Crippen LogP contribution in [-0.2, 0) is 6.42 Å². The fraction of sp³-hybridized carbons (Fsp3) is 0.429. The monoisotopic (exact) mass is 266 g/mol. The van der Waals surface area contributed by atoms with E-state index >= 15 is 0 Å². The van der Waals surface area contributed by atoms with Crippen LogP contribution in [0.2, 0.25) is 0 Å². The third-order valence-corrected chi connectivity index (χ3v) is 3.50. The number of nitrogens with zero attached hydrogens (tertiary/aromatic N) is 1. The summed E-state index contributed by atoms with van der Waals surface area (Å²) >= 11 is 0. The SMILES string of the molecule is CNCCc1cn(C2CC2)c2cccc(O)c12.Cl. The van der Waals surface area contributed by atoms with Crippen LogP contribution in [0.15, 0.2) is 24.4 Å². The van der Waals surface area contributed by atoms with Crippen LogP contribution in [0.1, 0.15) is 24.4 Å². The zero-order valence-corrected chi connectivity index (χ0v) is 11.3. The van der Waals surface area contributed by atoms with Crippen LogP contribution in [0.4, 0.5) is 0 Å². The van der Waals surface area contributed by atoms with Crippen molar-refractivity contribution in [1.82, 2.24) is 9.88 Å². The van der Waals surface area contributed by atoms with Gasteiger partial charge in [-0.15, -0.1) is 12.4 Å². The van der Waals surface area contributed by atoms with Crippen molar-refractivity contribution < 1.29 is 5.11 Å². The molecule has 4 heteroatoms. The Kier molecular flexibility index (Phi) is 3.83. The molecule has 1 aliphatic carbocycles. The van der Waals surface area contributed by atoms with E-state index in [4.69, 9.17) is 0 Å². The van der Waals surface area contributed by atoms with Crippen molar-refractivity contribution >= 4 is 23.3 Å². The summed E-state index contributed by atoms with van der Waals surface area (Å²) in [6.07, 6.45) is 5.72. The van der Waals surface area contributed by atoms with Crippen molar-refractivity contribution in [3.8, 4) is 5.75 Å². The van der Waals surface area contributed by atoms with E-state index in [1.54, 1.807) is 6.07 Å². The molecule has 3 rings (SSSR count). The molecule has 0 amide bonds. The standard InChI is InChI=1S/C14H18N2O.ClH/c1-15-8-7-10-9-16(11-5-6-11)12-3-2-4-13(17)14(10)12;/h2-4,9,11,15,17H,5-8H2,1H3;1H. The number of hydrogen-bond donors (Lipinski definition) is 2. The number of aromatic hydroxyl groups is 1. The third-order valence-electron chi connectivity index (χ3n) is 3.50. The maximum atomic E-state index is 10.0. The molecule has 1 fully saturated rings. The molecule has 0 bridgehead atoms. The van der Waals surface area contributed by atoms with Gasteiger partial charge in [0.15, 0.2) is 0 Å². The first kappa shape index (κ1) is 13.2. The molecule has 1 aromatic carbocycles. The van der Waals surface area contributed by atoms with E-state index in [9.17, 15) is 5.11 Å². The number of phenols is 1. The molecule has 0 aliphatic heterocycles. The number of nitrogens with one attached hydrogen (secondary N) is 1. The van der Waals surface area contributed by atoms with Crippen molar-refractivity contribution in [2.45, 2.75) is 25.3 Å². The minimum atomic E-state index is 0. The molecular formula is C14H19ClN2O. The summed E-state index contributed by atoms with van der Waals surface area (Å²) in [5.74, 6) is 0.410. The van der Waals surface area contributed by atoms with Crippen LogP contribution < -0.4 is 5.32 Å². The van der Waals surface area contributed by atoms with Crippen molar-refractivity contribution in [3.63, 3.8) is 0 Å². The summed E-state index contributed by atoms with van der Waals surface area (Å²) in [5.41, 5.74) is 2.43. The van der Waals surface area contributed by atoms with Crippen molar-refractivity contribution in [2.75, 3.05) is 13.6 Å². The van der Waals surface area contributed by atoms with E-state index in [2.05, 4.69) is 22.1 Å². The average Bonchev–Trinajstić information content (AvgIpc) is 3.10. The molecule has 0 atom stereocenters. The van der Waals surface area contributed by atoms with E-state index in [0.717, 1.165) is 18.4 Å². The Morgan fingerprint density at radius 1 is 1.39 bits per heavy atom. The molecule has 2 N–H and O–H groups in total. The van der Waals surface area contributed by atoms with Crippen LogP contribution in [0.5, 0.6) is 5.75 Å². The Morgan fingerprint density at radius 2 is 2.17 bits per heavy atom. The Balaban J connectivity index is 0.00000120. The number of phenolic OH excluding ortho intramolecular Hbond substituents is 1. The van der Waals surface area contributed by atoms with Crippen LogP contribution in [0, 0.1) is 0 Å². The molecule has 1 saturated carbocycles. The average molecular weight is 267 g/mol. The molecule has 0 spiro atoms. The Bertz CT molecular complexity index is 546. The second-order valence-corrected chi connectivity index (χ2v) is 4.82. The molecule has 1 heterocycles. The molecule has 0 saturated heterocycles. The molecule has 1 aliphatic rings. The van der Waals surface area contributed by atoms with Crippen molar-refractivity contribution in [3.05, 3.63) is 30.0 Å². The predicted octanol–water partition coefficient (Wildman–Crippen LogP) is 2.87. The fourth-order valence-electron chi connectivity index (χ4n) is 2.48. The molecule has 1 aromatic heterocycles. The number of likely N-dealkylation sites (N-methyl/N-ethyl adjacent to an activating group) is 1. The van der Waals surface area contributed by atoms with Crippen molar-refractivity contribution in [2.24, 2.45) is 0 Å². The normalized spacial score (nSPS) is 14.7. The van der Waals surface area contributed by atoms with Gasteiger partial charge in [0.05, 0.1) is 5.52 Å². The predicted molar refractivity (Wildman–Crippen MR) is 76.8 cm³/mol. The van der Waals surface area contributed by atoms with Crippen LogP contribution in [0.3, 0.4) is 0 Å². The lowest BCUT2D eigenvalue weighted by atomic mass is 10.1. The highest BCUT2D eigenvalue weighted by atomic mass is 35.5. The van der Waals surface area contributed by atoms with E-state index in [1.807, 2.05) is 13.1 Å². The number of rotatable bonds is 4. The number of fused-ring (bicyclic) bond motifs is 1. The third kappa shape index (κ3) is 2.20. The van der Waals surface area contributed by atoms with E-state index in [0.29, 0.717) is 11.8 Å². The topological polar surface area (TPSA) is 37.2 Å². The van der Waals surface area contributed by atoms with Gasteiger partial charge in [-0.25, -0.2) is 0 Å². The van der Waals surface area contributed by atoms with E-state index in [1.165, 1.54) is 23.9 Å². The van der Waals surface area contributed by atoms with E-state index in [-0.39, 0.29) is 12.4 Å². The summed E-state index contributed by atoms with van der Waals surface area (Å²) in [4.78, 5) is 0. The molecule has 0 radical (unpaired) electrons. The molecular weight excluding hydrogens is 248 g/mol. The van der Waals surface area contributed by atoms with Gasteiger partial charge >= 0.3 is 0 Å². The first-order valence-electron chi connectivity index (χ1n) is 6.27. The first-order chi connectivity index (χ1) is 8.31.